The number of fused-ring (bicyclic) bond motifs is 1. The first-order chi connectivity index (χ1) is 17.4. The molecule has 2 saturated carbocycles. The summed E-state index contributed by atoms with van der Waals surface area (Å²) in [5.74, 6) is -2.59. The number of esters is 1. The van der Waals surface area contributed by atoms with Crippen LogP contribution in [0.5, 0.6) is 11.5 Å². The Kier molecular flexibility index (Phi) is 8.55. The lowest BCUT2D eigenvalue weighted by atomic mass is 9.63. The van der Waals surface area contributed by atoms with Gasteiger partial charge in [-0.3, -0.25) is 0 Å². The molecule has 192 valence electrons. The van der Waals surface area contributed by atoms with Crippen LogP contribution in [0.15, 0.2) is 55.6 Å². The van der Waals surface area contributed by atoms with Gasteiger partial charge in [-0.05, 0) is 92.4 Å². The van der Waals surface area contributed by atoms with Crippen molar-refractivity contribution < 1.29 is 27.4 Å². The molecule has 0 amide bonds. The van der Waals surface area contributed by atoms with Crippen molar-refractivity contribution in [1.29, 1.82) is 0 Å². The summed E-state index contributed by atoms with van der Waals surface area (Å²) in [4.78, 5) is 12.5. The van der Waals surface area contributed by atoms with Gasteiger partial charge in [-0.1, -0.05) is 31.2 Å². The van der Waals surface area contributed by atoms with Crippen LogP contribution in [0.25, 0.3) is 0 Å². The topological polar surface area (TPSA) is 35.5 Å². The zero-order valence-corrected chi connectivity index (χ0v) is 20.5. The molecule has 3 nitrogen and oxygen atoms in total. The van der Waals surface area contributed by atoms with Gasteiger partial charge in [0.2, 0.25) is 0 Å². The number of carbonyl (C=O) groups excluding carboxylic acids is 1. The zero-order chi connectivity index (χ0) is 25.7. The Morgan fingerprint density at radius 3 is 2.47 bits per heavy atom. The van der Waals surface area contributed by atoms with E-state index >= 15 is 4.39 Å². The van der Waals surface area contributed by atoms with Crippen molar-refractivity contribution in [2.24, 2.45) is 17.8 Å². The average molecular weight is 499 g/mol. The fourth-order valence-electron chi connectivity index (χ4n) is 5.89. The minimum absolute atomic E-state index is 0.0731. The molecule has 2 aromatic carbocycles. The molecule has 36 heavy (non-hydrogen) atoms. The van der Waals surface area contributed by atoms with Crippen molar-refractivity contribution in [1.82, 2.24) is 0 Å². The van der Waals surface area contributed by atoms with Gasteiger partial charge in [0.05, 0.1) is 5.56 Å². The Balaban J connectivity index is 1.42. The van der Waals surface area contributed by atoms with E-state index in [0.717, 1.165) is 44.1 Å². The van der Waals surface area contributed by atoms with Crippen LogP contribution in [-0.2, 0) is 0 Å². The molecule has 0 heterocycles. The second kappa shape index (κ2) is 11.8. The number of benzene rings is 2. The lowest BCUT2D eigenvalue weighted by molar-refractivity contribution is 0.0721. The predicted octanol–water partition coefficient (Wildman–Crippen LogP) is 8.15. The fourth-order valence-corrected chi connectivity index (χ4v) is 5.89. The number of hydrogen-bond donors (Lipinski definition) is 0. The van der Waals surface area contributed by atoms with Gasteiger partial charge >= 0.3 is 5.97 Å². The van der Waals surface area contributed by atoms with Crippen molar-refractivity contribution in [3.63, 3.8) is 0 Å². The van der Waals surface area contributed by atoms with E-state index < -0.39 is 34.7 Å². The minimum atomic E-state index is -1.25. The largest absolute Gasteiger partial charge is 0.489 e. The van der Waals surface area contributed by atoms with E-state index in [-0.39, 0.29) is 18.3 Å². The Labute approximate surface area is 211 Å². The maximum atomic E-state index is 15.1. The summed E-state index contributed by atoms with van der Waals surface area (Å²) in [5, 5.41) is 0. The summed E-state index contributed by atoms with van der Waals surface area (Å²) < 4.78 is 54.7. The number of allylic oxidation sites excluding steroid dienone is 1. The van der Waals surface area contributed by atoms with E-state index in [9.17, 15) is 13.6 Å². The Morgan fingerprint density at radius 2 is 1.72 bits per heavy atom. The predicted molar refractivity (Wildman–Crippen MR) is 134 cm³/mol. The Morgan fingerprint density at radius 1 is 0.944 bits per heavy atom. The minimum Gasteiger partial charge on any atom is -0.489 e. The number of hydrogen-bond acceptors (Lipinski definition) is 3. The average Bonchev–Trinajstić information content (AvgIpc) is 2.88. The van der Waals surface area contributed by atoms with E-state index in [1.54, 1.807) is 0 Å². The second-order valence-corrected chi connectivity index (χ2v) is 9.99. The molecule has 4 unspecified atom stereocenters. The van der Waals surface area contributed by atoms with Gasteiger partial charge in [-0.25, -0.2) is 18.0 Å². The number of rotatable bonds is 9. The highest BCUT2D eigenvalue weighted by molar-refractivity contribution is 5.91. The van der Waals surface area contributed by atoms with Crippen molar-refractivity contribution in [2.45, 2.75) is 57.3 Å². The van der Waals surface area contributed by atoms with Crippen LogP contribution in [0.1, 0.15) is 73.2 Å². The van der Waals surface area contributed by atoms with E-state index in [1.807, 2.05) is 6.08 Å². The smallest absolute Gasteiger partial charge is 0.346 e. The number of carbonyl (C=O) groups is 1. The molecule has 2 aromatic rings. The number of halogens is 3. The number of ether oxygens (including phenoxy) is 2. The third kappa shape index (κ3) is 5.85. The molecule has 6 heteroatoms. The van der Waals surface area contributed by atoms with Crippen LogP contribution in [-0.4, -0.2) is 12.6 Å². The summed E-state index contributed by atoms with van der Waals surface area (Å²) in [6, 6.07) is 6.40. The maximum Gasteiger partial charge on any atom is 0.346 e. The highest BCUT2D eigenvalue weighted by Gasteiger charge is 2.37. The van der Waals surface area contributed by atoms with Gasteiger partial charge in [0.15, 0.2) is 23.2 Å². The summed E-state index contributed by atoms with van der Waals surface area (Å²) in [7, 11) is 0. The Hall–Kier alpha value is -3.02. The summed E-state index contributed by atoms with van der Waals surface area (Å²) in [6.07, 6.45) is 11.9. The molecule has 0 bridgehead atoms. The van der Waals surface area contributed by atoms with E-state index in [2.05, 4.69) is 13.2 Å². The SMILES string of the molecule is C=CCCC1CCC2CC(c3ccc(C(=O)Oc4ccc(OCC=C)cc4F)c(F)c3F)CCC2C1. The molecule has 4 atom stereocenters. The van der Waals surface area contributed by atoms with Gasteiger partial charge < -0.3 is 9.47 Å². The first kappa shape index (κ1) is 26.1. The van der Waals surface area contributed by atoms with Gasteiger partial charge in [0.25, 0.3) is 0 Å². The molecule has 2 fully saturated rings. The highest BCUT2D eigenvalue weighted by atomic mass is 19.2. The van der Waals surface area contributed by atoms with Crippen LogP contribution >= 0.6 is 0 Å². The molecular formula is C30H33F3O3. The van der Waals surface area contributed by atoms with Crippen LogP contribution in [0.3, 0.4) is 0 Å². The van der Waals surface area contributed by atoms with Gasteiger partial charge in [-0.2, -0.15) is 0 Å². The molecule has 0 saturated heterocycles. The molecule has 0 aromatic heterocycles. The van der Waals surface area contributed by atoms with Gasteiger partial charge in [-0.15, -0.1) is 6.58 Å². The van der Waals surface area contributed by atoms with Crippen molar-refractivity contribution in [2.75, 3.05) is 6.61 Å². The van der Waals surface area contributed by atoms with E-state index in [1.165, 1.54) is 49.6 Å². The van der Waals surface area contributed by atoms with Crippen LogP contribution in [0.2, 0.25) is 0 Å². The summed E-state index contributed by atoms with van der Waals surface area (Å²) in [5.41, 5.74) is -0.245. The zero-order valence-electron chi connectivity index (χ0n) is 20.5. The molecule has 0 radical (unpaired) electrons. The molecule has 0 aliphatic heterocycles. The first-order valence-electron chi connectivity index (χ1n) is 12.8. The Bertz CT molecular complexity index is 1110. The van der Waals surface area contributed by atoms with E-state index in [4.69, 9.17) is 9.47 Å². The normalized spacial score (nSPS) is 23.4. The van der Waals surface area contributed by atoms with Gasteiger partial charge in [0.1, 0.15) is 12.4 Å². The second-order valence-electron chi connectivity index (χ2n) is 9.99. The third-order valence-electron chi connectivity index (χ3n) is 7.75. The highest BCUT2D eigenvalue weighted by Crippen LogP contribution is 2.49. The molecule has 0 spiro atoms. The van der Waals surface area contributed by atoms with Crippen molar-refractivity contribution in [3.8, 4) is 11.5 Å². The molecule has 2 aliphatic carbocycles. The van der Waals surface area contributed by atoms with Crippen LogP contribution in [0.4, 0.5) is 13.2 Å². The van der Waals surface area contributed by atoms with Gasteiger partial charge in [0, 0.05) is 6.07 Å². The molecule has 2 aliphatic rings. The summed E-state index contributed by atoms with van der Waals surface area (Å²) in [6.45, 7) is 7.52. The first-order valence-corrected chi connectivity index (χ1v) is 12.8. The molecular weight excluding hydrogens is 465 g/mol. The molecule has 0 N–H and O–H groups in total. The summed E-state index contributed by atoms with van der Waals surface area (Å²) >= 11 is 0. The third-order valence-corrected chi connectivity index (χ3v) is 7.75. The lowest BCUT2D eigenvalue weighted by Crippen LogP contribution is -2.30. The van der Waals surface area contributed by atoms with Crippen molar-refractivity contribution in [3.05, 3.63) is 84.2 Å². The lowest BCUT2D eigenvalue weighted by Gasteiger charge is -2.42. The maximum absolute atomic E-state index is 15.1. The monoisotopic (exact) mass is 498 g/mol. The fraction of sp³-hybridized carbons (Fsp3) is 0.433. The van der Waals surface area contributed by atoms with Crippen molar-refractivity contribution >= 4 is 5.97 Å². The van der Waals surface area contributed by atoms with Crippen LogP contribution in [0, 0.1) is 35.2 Å². The standard InChI is InChI=1S/C30H33F3O3/c1-3-5-6-19-7-8-21-17-22(10-9-20(21)16-19)24-12-13-25(29(33)28(24)32)30(34)36-27-14-11-23(18-26(27)31)35-15-4-2/h3-4,11-14,18-22H,1-2,5-10,15-17H2. The molecule has 4 rings (SSSR count). The van der Waals surface area contributed by atoms with Crippen LogP contribution < -0.4 is 9.47 Å². The quantitative estimate of drug-likeness (QED) is 0.199. The van der Waals surface area contributed by atoms with E-state index in [0.29, 0.717) is 17.4 Å².